The summed E-state index contributed by atoms with van der Waals surface area (Å²) in [6.07, 6.45) is -49.4. The van der Waals surface area contributed by atoms with Gasteiger partial charge in [0.1, 0.15) is 122 Å². The van der Waals surface area contributed by atoms with Crippen LogP contribution in [0.5, 0.6) is 0 Å². The van der Waals surface area contributed by atoms with Gasteiger partial charge in [0.15, 0.2) is 37.7 Å². The molecule has 22 aliphatic rings. The lowest BCUT2D eigenvalue weighted by Crippen LogP contribution is -2.68. The summed E-state index contributed by atoms with van der Waals surface area (Å²) in [5, 5.41) is 173. The van der Waals surface area contributed by atoms with E-state index in [0.29, 0.717) is 0 Å². The normalized spacial score (nSPS) is 54.4. The van der Waals surface area contributed by atoms with Crippen LogP contribution in [0.25, 0.3) is 0 Å². The SMILES string of the molecule is OC[C@H]1O[C@@H]2O[C@H]3C(O)C(O)[C@H](O[C@@H]3CO)O[C@H]3C(O)C(O)[C@H](O[C@@H]3CO)O[C@H]3C(O)C(O)[C@H](O[C@@H]3CO)O[C@H]3C(O)C(O)[C@@H](O[C@H]4CC(O)C(OC1CC2O)O[C@@H]4CO)O[C@@H]3CO. The van der Waals surface area contributed by atoms with Crippen molar-refractivity contribution in [1.29, 1.82) is 0 Å². The summed E-state index contributed by atoms with van der Waals surface area (Å²) < 4.78 is 68.9. The number of hydrogen-bond acceptors (Lipinski definition) is 28. The molecule has 0 spiro atoms. The molecular formula is C36H60O28. The highest BCUT2D eigenvalue weighted by Crippen LogP contribution is 2.37. The van der Waals surface area contributed by atoms with E-state index in [4.69, 9.17) is 56.8 Å². The Balaban J connectivity index is 1.16. The van der Waals surface area contributed by atoms with Crippen LogP contribution in [0.15, 0.2) is 0 Å². The Morgan fingerprint density at radius 1 is 0.250 bits per heavy atom. The van der Waals surface area contributed by atoms with Gasteiger partial charge in [-0.05, 0) is 0 Å². The molecule has 0 aliphatic carbocycles. The summed E-state index contributed by atoms with van der Waals surface area (Å²) in [6.45, 7) is -5.26. The van der Waals surface area contributed by atoms with Crippen molar-refractivity contribution < 1.29 is 139 Å². The molecule has 22 aliphatic heterocycles. The maximum Gasteiger partial charge on any atom is 0.187 e. The van der Waals surface area contributed by atoms with Gasteiger partial charge in [-0.25, -0.2) is 0 Å². The van der Waals surface area contributed by atoms with Gasteiger partial charge >= 0.3 is 0 Å². The Hall–Kier alpha value is -1.12. The van der Waals surface area contributed by atoms with Crippen LogP contribution in [0.1, 0.15) is 12.8 Å². The van der Waals surface area contributed by atoms with Crippen LogP contribution in [-0.4, -0.2) is 293 Å². The van der Waals surface area contributed by atoms with Crippen molar-refractivity contribution in [2.75, 3.05) is 39.6 Å². The molecule has 372 valence electrons. The van der Waals surface area contributed by atoms with Crippen LogP contribution < -0.4 is 0 Å². The highest BCUT2D eigenvalue weighted by atomic mass is 16.8. The lowest BCUT2D eigenvalue weighted by molar-refractivity contribution is -0.397. The highest BCUT2D eigenvalue weighted by Gasteiger charge is 2.57. The summed E-state index contributed by atoms with van der Waals surface area (Å²) in [4.78, 5) is 0. The third kappa shape index (κ3) is 10.1. The van der Waals surface area contributed by atoms with Gasteiger partial charge in [0.05, 0.1) is 51.8 Å². The number of hydrogen-bond donors (Lipinski definition) is 16. The second-order valence-corrected chi connectivity index (χ2v) is 16.6. The average Bonchev–Trinajstić information content (AvgIpc) is 3.28. The van der Waals surface area contributed by atoms with E-state index in [1.807, 2.05) is 0 Å². The van der Waals surface area contributed by atoms with Crippen LogP contribution in [0.4, 0.5) is 0 Å². The Kier molecular flexibility index (Phi) is 17.2. The van der Waals surface area contributed by atoms with Gasteiger partial charge in [0.25, 0.3) is 0 Å². The zero-order chi connectivity index (χ0) is 46.3. The lowest BCUT2D eigenvalue weighted by Gasteiger charge is -2.50. The summed E-state index contributed by atoms with van der Waals surface area (Å²) >= 11 is 0. The zero-order valence-electron chi connectivity index (χ0n) is 33.9. The maximum atomic E-state index is 11.2. The van der Waals surface area contributed by atoms with E-state index in [1.165, 1.54) is 0 Å². The summed E-state index contributed by atoms with van der Waals surface area (Å²) in [5.41, 5.74) is 0. The molecule has 16 N–H and O–H groups in total. The molecule has 0 aromatic heterocycles. The van der Waals surface area contributed by atoms with E-state index in [1.54, 1.807) is 0 Å². The fourth-order valence-electron chi connectivity index (χ4n) is 8.85. The third-order valence-electron chi connectivity index (χ3n) is 12.4. The largest absolute Gasteiger partial charge is 0.394 e. The maximum absolute atomic E-state index is 11.2. The molecule has 0 amide bonds. The van der Waals surface area contributed by atoms with Crippen molar-refractivity contribution in [1.82, 2.24) is 0 Å². The Bertz CT molecular complexity index is 1440. The van der Waals surface area contributed by atoms with Crippen molar-refractivity contribution >= 4 is 0 Å². The second-order valence-electron chi connectivity index (χ2n) is 16.6. The fourth-order valence-corrected chi connectivity index (χ4v) is 8.85. The predicted molar refractivity (Wildman–Crippen MR) is 193 cm³/mol. The molecule has 28 heteroatoms. The number of rotatable bonds is 6. The van der Waals surface area contributed by atoms with Crippen LogP contribution in [0, 0.1) is 0 Å². The van der Waals surface area contributed by atoms with E-state index in [2.05, 4.69) is 0 Å². The Morgan fingerprint density at radius 2 is 0.469 bits per heavy atom. The molecule has 0 radical (unpaired) electrons. The Labute approximate surface area is 363 Å². The minimum absolute atomic E-state index is 0.363. The lowest BCUT2D eigenvalue weighted by atomic mass is 9.95. The number of aliphatic hydroxyl groups excluding tert-OH is 16. The van der Waals surface area contributed by atoms with Crippen molar-refractivity contribution in [3.63, 3.8) is 0 Å². The Morgan fingerprint density at radius 3 is 0.750 bits per heavy atom. The number of aliphatic hydroxyl groups is 16. The van der Waals surface area contributed by atoms with E-state index >= 15 is 0 Å². The molecule has 22 fully saturated rings. The van der Waals surface area contributed by atoms with Gasteiger partial charge in [-0.1, -0.05) is 0 Å². The molecule has 22 heterocycles. The summed E-state index contributed by atoms with van der Waals surface area (Å²) in [6, 6.07) is 0. The first-order valence-corrected chi connectivity index (χ1v) is 20.9. The van der Waals surface area contributed by atoms with E-state index in [0.717, 1.165) is 0 Å². The van der Waals surface area contributed by atoms with Gasteiger partial charge in [0.2, 0.25) is 0 Å². The topological polar surface area (TPSA) is 434 Å². The first kappa shape index (κ1) is 50.7. The minimum Gasteiger partial charge on any atom is -0.394 e. The monoisotopic (exact) mass is 940 g/mol. The van der Waals surface area contributed by atoms with Crippen molar-refractivity contribution in [3.05, 3.63) is 0 Å². The van der Waals surface area contributed by atoms with Crippen LogP contribution in [-0.2, 0) is 56.8 Å². The highest BCUT2D eigenvalue weighted by molar-refractivity contribution is 4.99. The molecule has 28 atom stereocenters. The standard InChI is InChI=1S/C36H60O28/c37-3-13-11-2-10(44)32(56-13)61-27-15(5-39)58-34(24(50)20(27)46)63-29-17(7-41)60-36(26(52)22(29)48)64-30-18(8-42)59-35(25(51)21(30)47)62-28-16(6-40)57-33(23(49)19(28)45)54-12-1-9(43)31(53-11)55-14(12)4-38/h9-52H,1-8H2/t9?,10?,11?,12-,13+,14+,15+,16+,17+,18+,19?,20?,21?,22?,23?,24?,25?,26?,27+,28+,29+,30+,31?,32+,33-,34+,35+,36+/m0/s1. The molecule has 22 rings (SSSR count). The van der Waals surface area contributed by atoms with E-state index in [-0.39, 0.29) is 12.8 Å². The summed E-state index contributed by atoms with van der Waals surface area (Å²) in [7, 11) is 0. The fraction of sp³-hybridized carbons (Fsp3) is 1.00. The first-order chi connectivity index (χ1) is 30.6. The molecule has 0 aromatic rings. The van der Waals surface area contributed by atoms with Gasteiger partial charge in [-0.15, -0.1) is 0 Å². The van der Waals surface area contributed by atoms with Gasteiger partial charge < -0.3 is 139 Å². The number of ether oxygens (including phenoxy) is 12. The minimum atomic E-state index is -2.10. The van der Waals surface area contributed by atoms with Crippen molar-refractivity contribution in [2.24, 2.45) is 0 Å². The molecule has 0 saturated carbocycles. The molecule has 12 bridgehead atoms. The summed E-state index contributed by atoms with van der Waals surface area (Å²) in [5.74, 6) is 0. The van der Waals surface area contributed by atoms with Crippen LogP contribution in [0.3, 0.4) is 0 Å². The van der Waals surface area contributed by atoms with Gasteiger partial charge in [0, 0.05) is 12.8 Å². The smallest absolute Gasteiger partial charge is 0.187 e. The van der Waals surface area contributed by atoms with Crippen molar-refractivity contribution in [2.45, 2.75) is 185 Å². The van der Waals surface area contributed by atoms with Gasteiger partial charge in [-0.3, -0.25) is 0 Å². The molecule has 0 aromatic carbocycles. The molecule has 22 saturated heterocycles. The quantitative estimate of drug-likeness (QED) is 0.118. The average molecular weight is 941 g/mol. The zero-order valence-corrected chi connectivity index (χ0v) is 33.9. The molecular weight excluding hydrogens is 880 g/mol. The van der Waals surface area contributed by atoms with Crippen molar-refractivity contribution in [3.8, 4) is 0 Å². The first-order valence-electron chi connectivity index (χ1n) is 20.9. The van der Waals surface area contributed by atoms with Crippen LogP contribution in [0.2, 0.25) is 0 Å². The second kappa shape index (κ2) is 21.7. The van der Waals surface area contributed by atoms with E-state index < -0.39 is 212 Å². The van der Waals surface area contributed by atoms with E-state index in [9.17, 15) is 81.7 Å². The predicted octanol–water partition coefficient (Wildman–Crippen LogP) is -11.0. The molecule has 64 heavy (non-hydrogen) atoms. The molecule has 28 nitrogen and oxygen atoms in total. The molecule has 12 unspecified atom stereocenters. The van der Waals surface area contributed by atoms with Crippen LogP contribution >= 0.6 is 0 Å². The third-order valence-corrected chi connectivity index (χ3v) is 12.4. The van der Waals surface area contributed by atoms with Gasteiger partial charge in [-0.2, -0.15) is 0 Å².